The summed E-state index contributed by atoms with van der Waals surface area (Å²) in [6.45, 7) is 6.52. The quantitative estimate of drug-likeness (QED) is 0.545. The Hall–Kier alpha value is -0.910. The van der Waals surface area contributed by atoms with Crippen molar-refractivity contribution in [2.75, 3.05) is 13.2 Å². The normalized spacial score (nSPS) is 45.4. The lowest BCUT2D eigenvalue weighted by Crippen LogP contribution is -2.71. The second kappa shape index (κ2) is 4.83. The largest absolute Gasteiger partial charge is 0.425 e. The first-order valence-corrected chi connectivity index (χ1v) is 7.41. The number of carbonyl (C=O) groups excluding carboxylic acids is 1. The van der Waals surface area contributed by atoms with Crippen LogP contribution in [0.1, 0.15) is 45.4 Å². The van der Waals surface area contributed by atoms with E-state index in [-0.39, 0.29) is 0 Å². The number of rotatable bonds is 1. The number of carbonyl (C=O) groups is 1. The van der Waals surface area contributed by atoms with Gasteiger partial charge in [0.25, 0.3) is 5.79 Å². The van der Waals surface area contributed by atoms with E-state index in [1.165, 1.54) is 6.08 Å². The Labute approximate surface area is 119 Å². The molecule has 0 amide bonds. The van der Waals surface area contributed by atoms with Gasteiger partial charge in [0.1, 0.15) is 0 Å². The van der Waals surface area contributed by atoms with Gasteiger partial charge in [-0.25, -0.2) is 4.79 Å². The maximum Gasteiger partial charge on any atom is 0.345 e. The second-order valence-electron chi connectivity index (χ2n) is 5.92. The van der Waals surface area contributed by atoms with E-state index in [1.54, 1.807) is 6.92 Å². The molecule has 3 atom stereocenters. The Morgan fingerprint density at radius 2 is 1.65 bits per heavy atom. The fraction of sp³-hybridized carbons (Fsp3) is 0.800. The maximum absolute atomic E-state index is 12.3. The highest BCUT2D eigenvalue weighted by Gasteiger charge is 2.66. The van der Waals surface area contributed by atoms with Crippen LogP contribution < -0.4 is 0 Å². The van der Waals surface area contributed by atoms with Crippen LogP contribution in [0.4, 0.5) is 0 Å². The summed E-state index contributed by atoms with van der Waals surface area (Å²) in [6, 6.07) is 0. The van der Waals surface area contributed by atoms with Crippen molar-refractivity contribution in [3.05, 3.63) is 12.7 Å². The van der Waals surface area contributed by atoms with Crippen molar-refractivity contribution in [3.63, 3.8) is 0 Å². The monoisotopic (exact) mass is 282 g/mol. The molecule has 3 heterocycles. The third-order valence-corrected chi connectivity index (χ3v) is 4.48. The third kappa shape index (κ3) is 1.91. The molecule has 5 nitrogen and oxygen atoms in total. The molecule has 0 aromatic heterocycles. The minimum atomic E-state index is -1.18. The lowest BCUT2D eigenvalue weighted by Gasteiger charge is -2.56. The average Bonchev–Trinajstić information content (AvgIpc) is 2.47. The fourth-order valence-electron chi connectivity index (χ4n) is 3.22. The van der Waals surface area contributed by atoms with Crippen LogP contribution in [0.3, 0.4) is 0 Å². The van der Waals surface area contributed by atoms with Gasteiger partial charge in [0.15, 0.2) is 5.60 Å². The highest BCUT2D eigenvalue weighted by Crippen LogP contribution is 2.50. The zero-order valence-corrected chi connectivity index (χ0v) is 12.0. The molecule has 0 radical (unpaired) electrons. The van der Waals surface area contributed by atoms with E-state index in [0.717, 1.165) is 25.7 Å². The topological polar surface area (TPSA) is 54.0 Å². The summed E-state index contributed by atoms with van der Waals surface area (Å²) in [5, 5.41) is 0. The van der Waals surface area contributed by atoms with Gasteiger partial charge in [0.05, 0.1) is 13.2 Å². The van der Waals surface area contributed by atoms with E-state index in [4.69, 9.17) is 18.9 Å². The van der Waals surface area contributed by atoms with Crippen LogP contribution in [0, 0.1) is 0 Å². The first-order valence-electron chi connectivity index (χ1n) is 7.41. The number of hydrogen-bond donors (Lipinski definition) is 0. The Bertz CT molecular complexity index is 406. The molecule has 0 aromatic rings. The highest BCUT2D eigenvalue weighted by atomic mass is 16.8. The zero-order chi connectivity index (χ0) is 14.3. The Morgan fingerprint density at radius 3 is 2.15 bits per heavy atom. The van der Waals surface area contributed by atoms with E-state index in [9.17, 15) is 4.79 Å². The van der Waals surface area contributed by atoms with Crippen molar-refractivity contribution in [1.29, 1.82) is 0 Å². The number of hydrogen-bond acceptors (Lipinski definition) is 5. The van der Waals surface area contributed by atoms with Crippen LogP contribution >= 0.6 is 0 Å². The molecule has 112 valence electrons. The molecule has 0 saturated carbocycles. The molecule has 5 heteroatoms. The molecule has 0 unspecified atom stereocenters. The van der Waals surface area contributed by atoms with Crippen LogP contribution in [0.5, 0.6) is 0 Å². The first-order chi connectivity index (χ1) is 9.56. The van der Waals surface area contributed by atoms with Gasteiger partial charge in [0.2, 0.25) is 5.79 Å². The summed E-state index contributed by atoms with van der Waals surface area (Å²) < 4.78 is 23.7. The van der Waals surface area contributed by atoms with Crippen LogP contribution in [-0.2, 0) is 23.7 Å². The van der Waals surface area contributed by atoms with Gasteiger partial charge < -0.3 is 18.9 Å². The van der Waals surface area contributed by atoms with Gasteiger partial charge in [0, 0.05) is 12.8 Å². The Balaban J connectivity index is 1.99. The lowest BCUT2D eigenvalue weighted by atomic mass is 9.87. The van der Waals surface area contributed by atoms with Crippen LogP contribution in [-0.4, -0.2) is 36.4 Å². The SMILES string of the molecule is C=C[C@]1(C)O[C@]2(CCCCO2)[C@@]2(CCCCO2)OC1=O. The molecule has 3 aliphatic rings. The van der Waals surface area contributed by atoms with Gasteiger partial charge >= 0.3 is 5.97 Å². The molecule has 0 aliphatic carbocycles. The predicted octanol–water partition coefficient (Wildman–Crippen LogP) is 2.30. The predicted molar refractivity (Wildman–Crippen MR) is 70.8 cm³/mol. The molecular weight excluding hydrogens is 260 g/mol. The minimum absolute atomic E-state index is 0.450. The summed E-state index contributed by atoms with van der Waals surface area (Å²) in [7, 11) is 0. The Kier molecular flexibility index (Phi) is 3.39. The van der Waals surface area contributed by atoms with Gasteiger partial charge in [-0.05, 0) is 38.7 Å². The molecule has 3 aliphatic heterocycles. The van der Waals surface area contributed by atoms with Gasteiger partial charge in [-0.15, -0.1) is 0 Å². The standard InChI is InChI=1S/C15H22O5/c1-3-13(2)12(16)19-14(8-4-6-10-17-14)15(20-13)9-5-7-11-18-15/h3H,1,4-11H2,2H3/t13-,14+,15+/m0/s1. The van der Waals surface area contributed by atoms with Crippen molar-refractivity contribution >= 4 is 5.97 Å². The molecule has 3 fully saturated rings. The van der Waals surface area contributed by atoms with Crippen molar-refractivity contribution < 1.29 is 23.7 Å². The van der Waals surface area contributed by atoms with Crippen molar-refractivity contribution in [1.82, 2.24) is 0 Å². The van der Waals surface area contributed by atoms with Crippen molar-refractivity contribution in [2.24, 2.45) is 0 Å². The molecule has 20 heavy (non-hydrogen) atoms. The zero-order valence-electron chi connectivity index (χ0n) is 12.0. The van der Waals surface area contributed by atoms with Crippen LogP contribution in [0.15, 0.2) is 12.7 Å². The van der Waals surface area contributed by atoms with Gasteiger partial charge in [-0.2, -0.15) is 0 Å². The summed E-state index contributed by atoms with van der Waals surface area (Å²) in [5.74, 6) is -2.54. The van der Waals surface area contributed by atoms with Crippen LogP contribution in [0.25, 0.3) is 0 Å². The van der Waals surface area contributed by atoms with Crippen molar-refractivity contribution in [2.45, 2.75) is 62.6 Å². The average molecular weight is 282 g/mol. The Morgan fingerprint density at radius 1 is 1.05 bits per heavy atom. The summed E-state index contributed by atoms with van der Waals surface area (Å²) in [4.78, 5) is 12.3. The summed E-state index contributed by atoms with van der Waals surface area (Å²) >= 11 is 0. The maximum atomic E-state index is 12.3. The first kappa shape index (κ1) is 14.0. The van der Waals surface area contributed by atoms with Gasteiger partial charge in [-0.3, -0.25) is 0 Å². The second-order valence-corrected chi connectivity index (χ2v) is 5.92. The smallest absolute Gasteiger partial charge is 0.345 e. The summed E-state index contributed by atoms with van der Waals surface area (Å²) in [6.07, 6.45) is 6.62. The van der Waals surface area contributed by atoms with E-state index in [1.807, 2.05) is 0 Å². The molecule has 3 saturated heterocycles. The summed E-state index contributed by atoms with van der Waals surface area (Å²) in [5.41, 5.74) is -1.18. The number of esters is 1. The van der Waals surface area contributed by atoms with E-state index in [0.29, 0.717) is 26.1 Å². The van der Waals surface area contributed by atoms with Gasteiger partial charge in [-0.1, -0.05) is 6.58 Å². The van der Waals surface area contributed by atoms with E-state index >= 15 is 0 Å². The fourth-order valence-corrected chi connectivity index (χ4v) is 3.22. The highest BCUT2D eigenvalue weighted by molar-refractivity contribution is 5.82. The molecule has 0 bridgehead atoms. The third-order valence-electron chi connectivity index (χ3n) is 4.48. The molecule has 0 N–H and O–H groups in total. The lowest BCUT2D eigenvalue weighted by molar-refractivity contribution is -0.450. The number of fused-ring (bicyclic) bond motifs is 1. The molecule has 2 spiro atoms. The van der Waals surface area contributed by atoms with E-state index in [2.05, 4.69) is 6.58 Å². The number of ether oxygens (including phenoxy) is 4. The van der Waals surface area contributed by atoms with Crippen LogP contribution in [0.2, 0.25) is 0 Å². The molecule has 3 rings (SSSR count). The molecule has 0 aromatic carbocycles. The molecular formula is C15H22O5. The van der Waals surface area contributed by atoms with E-state index < -0.39 is 23.1 Å². The van der Waals surface area contributed by atoms with Crippen molar-refractivity contribution in [3.8, 4) is 0 Å². The minimum Gasteiger partial charge on any atom is -0.425 e.